The second-order valence-electron chi connectivity index (χ2n) is 7.65. The number of nitrogens with two attached hydrogens (primary N) is 1. The molecule has 0 aliphatic heterocycles. The summed E-state index contributed by atoms with van der Waals surface area (Å²) in [7, 11) is -2.51. The van der Waals surface area contributed by atoms with Crippen LogP contribution in [0.1, 0.15) is 26.3 Å². The van der Waals surface area contributed by atoms with Gasteiger partial charge in [-0.2, -0.15) is 0 Å². The van der Waals surface area contributed by atoms with Crippen molar-refractivity contribution in [3.8, 4) is 0 Å². The predicted molar refractivity (Wildman–Crippen MR) is 113 cm³/mol. The maximum atomic E-state index is 6.89. The normalized spacial score (nSPS) is 12.1. The molecule has 3 aromatic carbocycles. The van der Waals surface area contributed by atoms with Gasteiger partial charge in [0.2, 0.25) is 0 Å². The highest BCUT2D eigenvalue weighted by molar-refractivity contribution is 6.99. The van der Waals surface area contributed by atoms with Crippen LogP contribution in [0, 0.1) is 0 Å². The second-order valence-corrected chi connectivity index (χ2v) is 12.0. The molecule has 134 valence electrons. The Morgan fingerprint density at radius 1 is 0.731 bits per heavy atom. The summed E-state index contributed by atoms with van der Waals surface area (Å²) in [4.78, 5) is 0. The summed E-state index contributed by atoms with van der Waals surface area (Å²) in [5.41, 5.74) is 8.00. The number of para-hydroxylation sites is 1. The lowest BCUT2D eigenvalue weighted by Crippen LogP contribution is -2.66. The number of rotatable bonds is 5. The molecule has 0 aromatic heterocycles. The lowest BCUT2D eigenvalue weighted by molar-refractivity contribution is 0.287. The van der Waals surface area contributed by atoms with Gasteiger partial charge >= 0.3 is 0 Å². The monoisotopic (exact) mass is 361 g/mol. The van der Waals surface area contributed by atoms with Gasteiger partial charge in [0.05, 0.1) is 6.61 Å². The maximum Gasteiger partial charge on any atom is 0.261 e. The topological polar surface area (TPSA) is 35.2 Å². The lowest BCUT2D eigenvalue weighted by atomic mass is 10.2. The summed E-state index contributed by atoms with van der Waals surface area (Å²) in [5, 5.41) is 2.54. The Hall–Kier alpha value is -2.36. The van der Waals surface area contributed by atoms with Crippen molar-refractivity contribution in [3.05, 3.63) is 90.5 Å². The van der Waals surface area contributed by atoms with Crippen molar-refractivity contribution < 1.29 is 4.43 Å². The fourth-order valence-electron chi connectivity index (χ4n) is 3.61. The number of anilines is 1. The molecule has 0 bridgehead atoms. The van der Waals surface area contributed by atoms with Crippen molar-refractivity contribution >= 4 is 24.4 Å². The molecular formula is C23H27NOSi. The van der Waals surface area contributed by atoms with E-state index in [1.807, 2.05) is 24.3 Å². The zero-order chi connectivity index (χ0) is 18.6. The van der Waals surface area contributed by atoms with Gasteiger partial charge in [-0.05, 0) is 27.0 Å². The second kappa shape index (κ2) is 7.48. The fourth-order valence-corrected chi connectivity index (χ4v) is 8.14. The third-order valence-corrected chi connectivity index (χ3v) is 9.90. The molecule has 0 radical (unpaired) electrons. The van der Waals surface area contributed by atoms with Crippen LogP contribution < -0.4 is 16.1 Å². The Kier molecular flexibility index (Phi) is 5.30. The van der Waals surface area contributed by atoms with Gasteiger partial charge in [-0.15, -0.1) is 0 Å². The van der Waals surface area contributed by atoms with Crippen LogP contribution in [0.3, 0.4) is 0 Å². The van der Waals surface area contributed by atoms with Crippen LogP contribution in [-0.2, 0) is 11.0 Å². The molecule has 0 aliphatic carbocycles. The van der Waals surface area contributed by atoms with Crippen LogP contribution in [0.15, 0.2) is 84.9 Å². The molecule has 0 saturated carbocycles. The summed E-state index contributed by atoms with van der Waals surface area (Å²) in [6.07, 6.45) is 0. The SMILES string of the molecule is CC(C)(C)[Si](OCc1ccccc1N)(c1ccccc1)c1ccccc1. The van der Waals surface area contributed by atoms with Gasteiger partial charge in [0.25, 0.3) is 8.32 Å². The highest BCUT2D eigenvalue weighted by Gasteiger charge is 2.50. The minimum absolute atomic E-state index is 0.0285. The molecule has 0 heterocycles. The Bertz CT molecular complexity index is 801. The summed E-state index contributed by atoms with van der Waals surface area (Å²) in [5.74, 6) is 0. The van der Waals surface area contributed by atoms with Gasteiger partial charge in [0.15, 0.2) is 0 Å². The average Bonchev–Trinajstić information content (AvgIpc) is 2.64. The molecule has 26 heavy (non-hydrogen) atoms. The van der Waals surface area contributed by atoms with E-state index in [0.717, 1.165) is 11.3 Å². The Balaban J connectivity index is 2.13. The van der Waals surface area contributed by atoms with E-state index in [2.05, 4.69) is 81.4 Å². The minimum Gasteiger partial charge on any atom is -0.403 e. The van der Waals surface area contributed by atoms with Crippen LogP contribution in [-0.4, -0.2) is 8.32 Å². The van der Waals surface area contributed by atoms with Crippen LogP contribution >= 0.6 is 0 Å². The molecule has 0 unspecified atom stereocenters. The first-order chi connectivity index (χ1) is 12.4. The van der Waals surface area contributed by atoms with E-state index in [0.29, 0.717) is 6.61 Å². The highest BCUT2D eigenvalue weighted by atomic mass is 28.4. The van der Waals surface area contributed by atoms with E-state index in [1.54, 1.807) is 0 Å². The molecule has 0 fully saturated rings. The van der Waals surface area contributed by atoms with E-state index >= 15 is 0 Å². The smallest absolute Gasteiger partial charge is 0.261 e. The third-order valence-electron chi connectivity index (χ3n) is 4.92. The summed E-state index contributed by atoms with van der Waals surface area (Å²) in [6.45, 7) is 7.37. The quantitative estimate of drug-likeness (QED) is 0.542. The Morgan fingerprint density at radius 3 is 1.65 bits per heavy atom. The van der Waals surface area contributed by atoms with Gasteiger partial charge in [0.1, 0.15) is 0 Å². The van der Waals surface area contributed by atoms with E-state index in [4.69, 9.17) is 10.2 Å². The third kappa shape index (κ3) is 3.46. The standard InChI is InChI=1S/C23H27NOSi/c1-23(2,3)26(20-13-6-4-7-14-20,21-15-8-5-9-16-21)25-18-19-12-10-11-17-22(19)24/h4-17H,18,24H2,1-3H3. The van der Waals surface area contributed by atoms with Crippen LogP contribution in [0.5, 0.6) is 0 Å². The summed E-state index contributed by atoms with van der Waals surface area (Å²) >= 11 is 0. The molecular weight excluding hydrogens is 334 g/mol. The molecule has 0 saturated heterocycles. The first-order valence-electron chi connectivity index (χ1n) is 9.03. The first kappa shape index (κ1) is 18.4. The van der Waals surface area contributed by atoms with Crippen LogP contribution in [0.4, 0.5) is 5.69 Å². The van der Waals surface area contributed by atoms with E-state index in [1.165, 1.54) is 10.4 Å². The van der Waals surface area contributed by atoms with Crippen molar-refractivity contribution in [2.24, 2.45) is 0 Å². The van der Waals surface area contributed by atoms with Crippen molar-refractivity contribution in [2.75, 3.05) is 5.73 Å². The molecule has 3 heteroatoms. The van der Waals surface area contributed by atoms with Gasteiger partial charge in [-0.25, -0.2) is 0 Å². The van der Waals surface area contributed by atoms with E-state index < -0.39 is 8.32 Å². The molecule has 3 aromatic rings. The van der Waals surface area contributed by atoms with Crippen LogP contribution in [0.25, 0.3) is 0 Å². The van der Waals surface area contributed by atoms with Gasteiger partial charge in [0, 0.05) is 5.69 Å². The molecule has 0 atom stereocenters. The summed E-state index contributed by atoms with van der Waals surface area (Å²) in [6, 6.07) is 29.3. The van der Waals surface area contributed by atoms with Crippen molar-refractivity contribution in [3.63, 3.8) is 0 Å². The number of nitrogen functional groups attached to an aromatic ring is 1. The fraction of sp³-hybridized carbons (Fsp3) is 0.217. The zero-order valence-corrected chi connectivity index (χ0v) is 16.8. The van der Waals surface area contributed by atoms with E-state index in [9.17, 15) is 0 Å². The molecule has 0 amide bonds. The molecule has 3 rings (SSSR count). The van der Waals surface area contributed by atoms with Crippen molar-refractivity contribution in [2.45, 2.75) is 32.4 Å². The molecule has 0 aliphatic rings. The molecule has 2 nitrogen and oxygen atoms in total. The number of hydrogen-bond donors (Lipinski definition) is 1. The lowest BCUT2D eigenvalue weighted by Gasteiger charge is -2.43. The average molecular weight is 362 g/mol. The zero-order valence-electron chi connectivity index (χ0n) is 15.8. The van der Waals surface area contributed by atoms with Gasteiger partial charge < -0.3 is 10.2 Å². The predicted octanol–water partition coefficient (Wildman–Crippen LogP) is 4.35. The molecule has 2 N–H and O–H groups in total. The van der Waals surface area contributed by atoms with Gasteiger partial charge in [-0.1, -0.05) is 99.6 Å². The largest absolute Gasteiger partial charge is 0.403 e. The Labute approximate surface area is 157 Å². The maximum absolute atomic E-state index is 6.89. The van der Waals surface area contributed by atoms with Crippen LogP contribution in [0.2, 0.25) is 5.04 Å². The van der Waals surface area contributed by atoms with Gasteiger partial charge in [-0.3, -0.25) is 0 Å². The number of benzene rings is 3. The molecule has 0 spiro atoms. The van der Waals surface area contributed by atoms with Crippen molar-refractivity contribution in [1.82, 2.24) is 0 Å². The highest BCUT2D eigenvalue weighted by Crippen LogP contribution is 2.37. The number of hydrogen-bond acceptors (Lipinski definition) is 2. The Morgan fingerprint density at radius 2 is 1.19 bits per heavy atom. The summed E-state index contributed by atoms with van der Waals surface area (Å²) < 4.78 is 6.89. The van der Waals surface area contributed by atoms with E-state index in [-0.39, 0.29) is 5.04 Å². The minimum atomic E-state index is -2.51. The first-order valence-corrected chi connectivity index (χ1v) is 10.9. The van der Waals surface area contributed by atoms with Crippen molar-refractivity contribution in [1.29, 1.82) is 0 Å².